The normalized spacial score (nSPS) is 11.4. The van der Waals surface area contributed by atoms with Gasteiger partial charge in [-0.2, -0.15) is 5.10 Å². The van der Waals surface area contributed by atoms with E-state index in [1.165, 1.54) is 5.52 Å². The Labute approximate surface area is 135 Å². The van der Waals surface area contributed by atoms with E-state index in [0.717, 1.165) is 10.9 Å². The zero-order valence-electron chi connectivity index (χ0n) is 13.2. The summed E-state index contributed by atoms with van der Waals surface area (Å²) in [6, 6.07) is 17.6. The summed E-state index contributed by atoms with van der Waals surface area (Å²) in [7, 11) is 0. The fourth-order valence-electron chi connectivity index (χ4n) is 2.58. The Bertz CT molecular complexity index is 847. The van der Waals surface area contributed by atoms with Crippen molar-refractivity contribution in [2.75, 3.05) is 0 Å². The standard InChI is InChI=1S/C19H19N3O/c1-14(2)22-13-16(17-10-6-7-11-18(17)22)12-20-21-19(23)15-8-4-3-5-9-15/h3-14H,1-2H3,(H,21,23). The summed E-state index contributed by atoms with van der Waals surface area (Å²) in [4.78, 5) is 12.0. The molecule has 0 unspecified atom stereocenters. The quantitative estimate of drug-likeness (QED) is 0.575. The van der Waals surface area contributed by atoms with Crippen LogP contribution in [0.25, 0.3) is 10.9 Å². The zero-order chi connectivity index (χ0) is 16.2. The summed E-state index contributed by atoms with van der Waals surface area (Å²) >= 11 is 0. The molecule has 2 aromatic carbocycles. The van der Waals surface area contributed by atoms with E-state index < -0.39 is 0 Å². The van der Waals surface area contributed by atoms with E-state index in [-0.39, 0.29) is 5.91 Å². The average molecular weight is 305 g/mol. The smallest absolute Gasteiger partial charge is 0.271 e. The van der Waals surface area contributed by atoms with Crippen molar-refractivity contribution in [2.24, 2.45) is 5.10 Å². The predicted octanol–water partition coefficient (Wildman–Crippen LogP) is 3.99. The van der Waals surface area contributed by atoms with Crippen LogP contribution in [0, 0.1) is 0 Å². The molecule has 0 saturated carbocycles. The van der Waals surface area contributed by atoms with E-state index in [9.17, 15) is 4.79 Å². The molecule has 3 aromatic rings. The molecule has 4 heteroatoms. The Hall–Kier alpha value is -2.88. The van der Waals surface area contributed by atoms with E-state index in [4.69, 9.17) is 0 Å². The zero-order valence-corrected chi connectivity index (χ0v) is 13.2. The van der Waals surface area contributed by atoms with Gasteiger partial charge in [0, 0.05) is 34.3 Å². The molecule has 0 saturated heterocycles. The molecule has 3 rings (SSSR count). The molecular formula is C19H19N3O. The number of hydrogen-bond acceptors (Lipinski definition) is 2. The highest BCUT2D eigenvalue weighted by Gasteiger charge is 2.08. The predicted molar refractivity (Wildman–Crippen MR) is 93.8 cm³/mol. The monoisotopic (exact) mass is 305 g/mol. The van der Waals surface area contributed by atoms with Crippen LogP contribution in [0.1, 0.15) is 35.8 Å². The molecule has 0 aliphatic rings. The highest BCUT2D eigenvalue weighted by atomic mass is 16.2. The Balaban J connectivity index is 1.83. The van der Waals surface area contributed by atoms with Crippen molar-refractivity contribution in [1.29, 1.82) is 0 Å². The van der Waals surface area contributed by atoms with Crippen LogP contribution >= 0.6 is 0 Å². The van der Waals surface area contributed by atoms with Gasteiger partial charge in [-0.05, 0) is 32.0 Å². The fourth-order valence-corrected chi connectivity index (χ4v) is 2.58. The highest BCUT2D eigenvalue weighted by molar-refractivity contribution is 6.00. The minimum atomic E-state index is -0.213. The van der Waals surface area contributed by atoms with Gasteiger partial charge >= 0.3 is 0 Å². The number of benzene rings is 2. The van der Waals surface area contributed by atoms with Crippen LogP contribution in [-0.4, -0.2) is 16.7 Å². The van der Waals surface area contributed by atoms with Gasteiger partial charge in [-0.15, -0.1) is 0 Å². The molecular weight excluding hydrogens is 286 g/mol. The molecule has 1 N–H and O–H groups in total. The maximum atomic E-state index is 12.0. The molecule has 1 aromatic heterocycles. The van der Waals surface area contributed by atoms with E-state index in [1.807, 2.05) is 30.3 Å². The number of nitrogens with zero attached hydrogens (tertiary/aromatic N) is 2. The van der Waals surface area contributed by atoms with Gasteiger partial charge < -0.3 is 4.57 Å². The molecule has 1 amide bonds. The van der Waals surface area contributed by atoms with Crippen molar-refractivity contribution in [2.45, 2.75) is 19.9 Å². The van der Waals surface area contributed by atoms with Crippen molar-refractivity contribution in [3.8, 4) is 0 Å². The summed E-state index contributed by atoms with van der Waals surface area (Å²) in [6.45, 7) is 4.29. The van der Waals surface area contributed by atoms with Crippen LogP contribution in [0.5, 0.6) is 0 Å². The van der Waals surface area contributed by atoms with Gasteiger partial charge in [0.05, 0.1) is 6.21 Å². The minimum Gasteiger partial charge on any atom is -0.344 e. The molecule has 0 atom stereocenters. The molecule has 23 heavy (non-hydrogen) atoms. The van der Waals surface area contributed by atoms with Gasteiger partial charge in [0.2, 0.25) is 0 Å². The lowest BCUT2D eigenvalue weighted by Gasteiger charge is -2.08. The number of nitrogens with one attached hydrogen (secondary N) is 1. The molecule has 0 radical (unpaired) electrons. The lowest BCUT2D eigenvalue weighted by molar-refractivity contribution is 0.0955. The lowest BCUT2D eigenvalue weighted by Crippen LogP contribution is -2.17. The molecule has 0 spiro atoms. The van der Waals surface area contributed by atoms with Crippen LogP contribution in [0.3, 0.4) is 0 Å². The molecule has 0 bridgehead atoms. The number of fused-ring (bicyclic) bond motifs is 1. The average Bonchev–Trinajstić information content (AvgIpc) is 2.95. The maximum Gasteiger partial charge on any atom is 0.271 e. The Morgan fingerprint density at radius 3 is 2.52 bits per heavy atom. The van der Waals surface area contributed by atoms with Gasteiger partial charge in [0.15, 0.2) is 0 Å². The van der Waals surface area contributed by atoms with E-state index in [1.54, 1.807) is 18.3 Å². The van der Waals surface area contributed by atoms with Gasteiger partial charge in [-0.1, -0.05) is 36.4 Å². The first-order chi connectivity index (χ1) is 11.2. The van der Waals surface area contributed by atoms with Crippen molar-refractivity contribution in [1.82, 2.24) is 9.99 Å². The number of aromatic nitrogens is 1. The van der Waals surface area contributed by atoms with Crippen LogP contribution < -0.4 is 5.43 Å². The van der Waals surface area contributed by atoms with E-state index in [2.05, 4.69) is 47.3 Å². The Kier molecular flexibility index (Phi) is 4.24. The molecule has 1 heterocycles. The van der Waals surface area contributed by atoms with Crippen molar-refractivity contribution in [3.05, 3.63) is 71.9 Å². The number of hydrogen-bond donors (Lipinski definition) is 1. The summed E-state index contributed by atoms with van der Waals surface area (Å²) in [5, 5.41) is 5.23. The Morgan fingerprint density at radius 1 is 1.09 bits per heavy atom. The van der Waals surface area contributed by atoms with Crippen LogP contribution in [-0.2, 0) is 0 Å². The highest BCUT2D eigenvalue weighted by Crippen LogP contribution is 2.23. The molecule has 116 valence electrons. The lowest BCUT2D eigenvalue weighted by atomic mass is 10.2. The summed E-state index contributed by atoms with van der Waals surface area (Å²) in [6.07, 6.45) is 3.76. The largest absolute Gasteiger partial charge is 0.344 e. The summed E-state index contributed by atoms with van der Waals surface area (Å²) in [5.74, 6) is -0.213. The topological polar surface area (TPSA) is 46.4 Å². The van der Waals surface area contributed by atoms with Crippen LogP contribution in [0.4, 0.5) is 0 Å². The number of para-hydroxylation sites is 1. The molecule has 0 aliphatic carbocycles. The third kappa shape index (κ3) is 3.16. The Morgan fingerprint density at radius 2 is 1.78 bits per heavy atom. The van der Waals surface area contributed by atoms with Crippen LogP contribution in [0.15, 0.2) is 65.9 Å². The molecule has 4 nitrogen and oxygen atoms in total. The first-order valence-corrected chi connectivity index (χ1v) is 7.65. The third-order valence-electron chi connectivity index (χ3n) is 3.73. The number of carbonyl (C=O) groups excluding carboxylic acids is 1. The summed E-state index contributed by atoms with van der Waals surface area (Å²) in [5.41, 5.74) is 5.32. The van der Waals surface area contributed by atoms with Gasteiger partial charge in [-0.3, -0.25) is 4.79 Å². The second kappa shape index (κ2) is 6.48. The fraction of sp³-hybridized carbons (Fsp3) is 0.158. The first-order valence-electron chi connectivity index (χ1n) is 7.65. The number of rotatable bonds is 4. The van der Waals surface area contributed by atoms with Gasteiger partial charge in [0.1, 0.15) is 0 Å². The van der Waals surface area contributed by atoms with E-state index >= 15 is 0 Å². The first kappa shape index (κ1) is 15.0. The minimum absolute atomic E-state index is 0.213. The number of carbonyl (C=O) groups is 1. The van der Waals surface area contributed by atoms with Gasteiger partial charge in [0.25, 0.3) is 5.91 Å². The summed E-state index contributed by atoms with van der Waals surface area (Å²) < 4.78 is 2.20. The molecule has 0 aliphatic heterocycles. The van der Waals surface area contributed by atoms with Crippen LogP contribution in [0.2, 0.25) is 0 Å². The van der Waals surface area contributed by atoms with Crippen molar-refractivity contribution in [3.63, 3.8) is 0 Å². The third-order valence-corrected chi connectivity index (χ3v) is 3.73. The van der Waals surface area contributed by atoms with Gasteiger partial charge in [-0.25, -0.2) is 5.43 Å². The molecule has 0 fully saturated rings. The number of hydrazone groups is 1. The number of amides is 1. The van der Waals surface area contributed by atoms with Crippen molar-refractivity contribution >= 4 is 23.0 Å². The van der Waals surface area contributed by atoms with E-state index in [0.29, 0.717) is 11.6 Å². The second-order valence-corrected chi connectivity index (χ2v) is 5.67. The second-order valence-electron chi connectivity index (χ2n) is 5.67. The SMILES string of the molecule is CC(C)n1cc(C=NNC(=O)c2ccccc2)c2ccccc21. The van der Waals surface area contributed by atoms with Crippen molar-refractivity contribution < 1.29 is 4.79 Å². The maximum absolute atomic E-state index is 12.0.